The average Bonchev–Trinajstić information content (AvgIpc) is 2.64. The molecule has 0 bridgehead atoms. The van der Waals surface area contributed by atoms with Crippen molar-refractivity contribution in [3.05, 3.63) is 76.9 Å². The van der Waals surface area contributed by atoms with Gasteiger partial charge in [-0.15, -0.1) is 27.7 Å². The van der Waals surface area contributed by atoms with Gasteiger partial charge in [-0.1, -0.05) is 54.6 Å². The molecule has 0 aliphatic rings. The first kappa shape index (κ1) is 18.7. The van der Waals surface area contributed by atoms with Gasteiger partial charge in [0.25, 0.3) is 0 Å². The van der Waals surface area contributed by atoms with E-state index in [9.17, 15) is 0 Å². The van der Waals surface area contributed by atoms with Gasteiger partial charge in [-0.25, -0.2) is 0 Å². The lowest BCUT2D eigenvalue weighted by Gasteiger charge is -2.14. The summed E-state index contributed by atoms with van der Waals surface area (Å²) in [5.74, 6) is 0. The van der Waals surface area contributed by atoms with Gasteiger partial charge in [0.05, 0.1) is 0 Å². The van der Waals surface area contributed by atoms with Gasteiger partial charge in [-0.3, -0.25) is 0 Å². The van der Waals surface area contributed by atoms with E-state index in [1.807, 2.05) is 0 Å². The summed E-state index contributed by atoms with van der Waals surface area (Å²) in [6, 6.07) is 20.2. The third kappa shape index (κ3) is 4.04. The Morgan fingerprint density at radius 2 is 1.20 bits per heavy atom. The number of hydrogen-bond acceptors (Lipinski definition) is 0. The summed E-state index contributed by atoms with van der Waals surface area (Å²) in [5, 5.41) is 1.26. The topological polar surface area (TPSA) is 0 Å². The molecule has 0 nitrogen and oxygen atoms in total. The van der Waals surface area contributed by atoms with Gasteiger partial charge in [0.15, 0.2) is 0 Å². The zero-order valence-corrected chi connectivity index (χ0v) is 18.3. The summed E-state index contributed by atoms with van der Waals surface area (Å²) in [6.07, 6.45) is 2.00. The van der Waals surface area contributed by atoms with Crippen molar-refractivity contribution in [2.24, 2.45) is 0 Å². The highest BCUT2D eigenvalue weighted by atomic mass is 31.0. The van der Waals surface area contributed by atoms with Crippen molar-refractivity contribution in [2.75, 3.05) is 0 Å². The molecule has 0 saturated heterocycles. The highest BCUT2D eigenvalue weighted by Crippen LogP contribution is 2.31. The second-order valence-corrected chi connectivity index (χ2v) is 7.93. The van der Waals surface area contributed by atoms with Gasteiger partial charge in [-0.05, 0) is 76.0 Å². The van der Waals surface area contributed by atoms with Crippen LogP contribution in [-0.2, 0) is 12.3 Å². The van der Waals surface area contributed by atoms with Crippen molar-refractivity contribution in [1.82, 2.24) is 0 Å². The summed E-state index contributed by atoms with van der Waals surface area (Å²) >= 11 is 0. The number of benzene rings is 3. The molecular weight excluding hydrogens is 357 g/mol. The Balaban J connectivity index is 1.99. The predicted octanol–water partition coefficient (Wildman–Crippen LogP) is 5.89. The molecule has 0 amide bonds. The van der Waals surface area contributed by atoms with E-state index in [1.54, 1.807) is 0 Å². The molecule has 128 valence electrons. The molecule has 0 saturated carbocycles. The fourth-order valence-corrected chi connectivity index (χ4v) is 4.14. The summed E-state index contributed by atoms with van der Waals surface area (Å²) < 4.78 is 0. The molecule has 0 radical (unpaired) electrons. The van der Waals surface area contributed by atoms with Gasteiger partial charge in [-0.2, -0.15) is 0 Å². The van der Waals surface area contributed by atoms with Crippen molar-refractivity contribution in [2.45, 2.75) is 26.2 Å². The molecule has 0 aliphatic carbocycles. The number of hydrogen-bond donors (Lipinski definition) is 0. The highest BCUT2D eigenvalue weighted by molar-refractivity contribution is 7.27. The molecule has 0 N–H and O–H groups in total. The molecule has 3 aromatic rings. The van der Waals surface area contributed by atoms with Crippen LogP contribution in [0.5, 0.6) is 0 Å². The van der Waals surface area contributed by atoms with Crippen LogP contribution in [0.2, 0.25) is 0 Å². The van der Waals surface area contributed by atoms with E-state index in [4.69, 9.17) is 0 Å². The minimum atomic E-state index is 0.996. The molecule has 0 heterocycles. The van der Waals surface area contributed by atoms with Crippen molar-refractivity contribution in [1.29, 1.82) is 0 Å². The average molecular weight is 382 g/mol. The molecular formula is C22H25P3. The van der Waals surface area contributed by atoms with E-state index in [1.165, 1.54) is 49.8 Å². The predicted molar refractivity (Wildman–Crippen MR) is 123 cm³/mol. The van der Waals surface area contributed by atoms with Crippen molar-refractivity contribution >= 4 is 33.0 Å². The van der Waals surface area contributed by atoms with E-state index in [-0.39, 0.29) is 0 Å². The Hall–Kier alpha value is -1.05. The Bertz CT molecular complexity index is 896. The van der Waals surface area contributed by atoms with E-state index in [2.05, 4.69) is 96.2 Å². The molecule has 0 spiro atoms. The largest absolute Gasteiger partial charge is 0.133 e. The van der Waals surface area contributed by atoms with Crippen LogP contribution in [0.25, 0.3) is 22.3 Å². The van der Waals surface area contributed by atoms with Crippen LogP contribution < -0.4 is 5.30 Å². The van der Waals surface area contributed by atoms with Gasteiger partial charge in [0.2, 0.25) is 0 Å². The molecule has 0 fully saturated rings. The van der Waals surface area contributed by atoms with Crippen LogP contribution in [0.3, 0.4) is 0 Å². The van der Waals surface area contributed by atoms with Crippen LogP contribution in [0.1, 0.15) is 22.3 Å². The quantitative estimate of drug-likeness (QED) is 0.494. The maximum Gasteiger partial charge on any atom is -0.0125 e. The SMILES string of the molecule is Cc1cc(-c2ccc(-c3cc(CP)c(CP)cc3C)cc2)ccc1P. The van der Waals surface area contributed by atoms with E-state index in [0.717, 1.165) is 12.3 Å². The Labute approximate surface area is 158 Å². The van der Waals surface area contributed by atoms with Crippen molar-refractivity contribution in [3.8, 4) is 22.3 Å². The maximum atomic E-state index is 2.85. The minimum absolute atomic E-state index is 0.996. The monoisotopic (exact) mass is 382 g/mol. The van der Waals surface area contributed by atoms with E-state index < -0.39 is 0 Å². The second kappa shape index (κ2) is 8.10. The standard InChI is InChI=1S/C22H25P3/c1-14-9-19(12-23)20(13-24)11-21(14)17-5-3-16(4-6-17)18-7-8-22(25)15(2)10-18/h3-11H,12-13,23-25H2,1-2H3. The fraction of sp³-hybridized carbons (Fsp3) is 0.182. The second-order valence-electron chi connectivity index (χ2n) is 6.49. The normalized spacial score (nSPS) is 10.9. The smallest absolute Gasteiger partial charge is 0.0125 e. The number of rotatable bonds is 4. The highest BCUT2D eigenvalue weighted by Gasteiger charge is 2.08. The third-order valence-corrected chi connectivity index (χ3v) is 6.31. The Morgan fingerprint density at radius 3 is 1.80 bits per heavy atom. The molecule has 3 unspecified atom stereocenters. The lowest BCUT2D eigenvalue weighted by atomic mass is 9.94. The van der Waals surface area contributed by atoms with Crippen molar-refractivity contribution in [3.63, 3.8) is 0 Å². The van der Waals surface area contributed by atoms with Crippen molar-refractivity contribution < 1.29 is 0 Å². The zero-order valence-electron chi connectivity index (χ0n) is 14.8. The summed E-state index contributed by atoms with van der Waals surface area (Å²) in [6.45, 7) is 4.36. The van der Waals surface area contributed by atoms with Gasteiger partial charge >= 0.3 is 0 Å². The van der Waals surface area contributed by atoms with Crippen LogP contribution in [-0.4, -0.2) is 0 Å². The van der Waals surface area contributed by atoms with Crippen LogP contribution in [0, 0.1) is 13.8 Å². The molecule has 25 heavy (non-hydrogen) atoms. The van der Waals surface area contributed by atoms with E-state index >= 15 is 0 Å². The minimum Gasteiger partial charge on any atom is -0.133 e. The first-order chi connectivity index (χ1) is 12.0. The molecule has 3 atom stereocenters. The Morgan fingerprint density at radius 1 is 0.640 bits per heavy atom. The molecule has 0 aromatic heterocycles. The number of aryl methyl sites for hydroxylation is 2. The summed E-state index contributed by atoms with van der Waals surface area (Å²) in [5.41, 5.74) is 10.6. The Kier molecular flexibility index (Phi) is 6.07. The fourth-order valence-electron chi connectivity index (χ4n) is 3.20. The summed E-state index contributed by atoms with van der Waals surface area (Å²) in [4.78, 5) is 0. The third-order valence-electron chi connectivity index (χ3n) is 4.79. The van der Waals surface area contributed by atoms with E-state index in [0.29, 0.717) is 0 Å². The molecule has 3 rings (SSSR count). The zero-order chi connectivity index (χ0) is 18.0. The van der Waals surface area contributed by atoms with Crippen LogP contribution >= 0.6 is 27.7 Å². The van der Waals surface area contributed by atoms with Gasteiger partial charge in [0.1, 0.15) is 0 Å². The molecule has 3 aromatic carbocycles. The lowest BCUT2D eigenvalue weighted by Crippen LogP contribution is -1.96. The maximum absolute atomic E-state index is 2.85. The van der Waals surface area contributed by atoms with Crippen LogP contribution in [0.4, 0.5) is 0 Å². The van der Waals surface area contributed by atoms with Gasteiger partial charge in [0, 0.05) is 0 Å². The summed E-state index contributed by atoms with van der Waals surface area (Å²) in [7, 11) is 8.48. The molecule has 0 aliphatic heterocycles. The first-order valence-electron chi connectivity index (χ1n) is 8.53. The van der Waals surface area contributed by atoms with Crippen LogP contribution in [0.15, 0.2) is 54.6 Å². The lowest BCUT2D eigenvalue weighted by molar-refractivity contribution is 1.26. The first-order valence-corrected chi connectivity index (χ1v) is 10.7. The van der Waals surface area contributed by atoms with Gasteiger partial charge < -0.3 is 0 Å². The molecule has 3 heteroatoms.